The van der Waals surface area contributed by atoms with E-state index in [0.717, 1.165) is 28.2 Å². The first-order valence-electron chi connectivity index (χ1n) is 7.13. The van der Waals surface area contributed by atoms with E-state index in [-0.39, 0.29) is 6.61 Å². The SMILES string of the molecule is Cc1nc(N2CCC[C@H]3CCCC[C@H]32)sc1CO. The molecule has 0 bridgehead atoms. The Kier molecular flexibility index (Phi) is 3.57. The van der Waals surface area contributed by atoms with Gasteiger partial charge in [0.15, 0.2) is 5.13 Å². The van der Waals surface area contributed by atoms with Crippen molar-refractivity contribution in [1.29, 1.82) is 0 Å². The van der Waals surface area contributed by atoms with Crippen LogP contribution in [-0.4, -0.2) is 22.7 Å². The summed E-state index contributed by atoms with van der Waals surface area (Å²) in [5.41, 5.74) is 1.01. The van der Waals surface area contributed by atoms with E-state index in [2.05, 4.69) is 9.88 Å². The second kappa shape index (κ2) is 5.17. The van der Waals surface area contributed by atoms with Gasteiger partial charge < -0.3 is 10.0 Å². The molecule has 100 valence electrons. The van der Waals surface area contributed by atoms with Crippen LogP contribution in [0.15, 0.2) is 0 Å². The highest BCUT2D eigenvalue weighted by molar-refractivity contribution is 7.15. The van der Waals surface area contributed by atoms with E-state index in [1.807, 2.05) is 6.92 Å². The number of thiazole rings is 1. The molecular formula is C14H22N2OS. The maximum absolute atomic E-state index is 9.31. The van der Waals surface area contributed by atoms with Gasteiger partial charge in [-0.15, -0.1) is 0 Å². The number of aliphatic hydroxyl groups excluding tert-OH is 1. The molecule has 0 radical (unpaired) electrons. The summed E-state index contributed by atoms with van der Waals surface area (Å²) in [6.07, 6.45) is 8.21. The van der Waals surface area contributed by atoms with Gasteiger partial charge in [0.25, 0.3) is 0 Å². The number of aliphatic hydroxyl groups is 1. The predicted octanol–water partition coefficient (Wildman–Crippen LogP) is 3.10. The highest BCUT2D eigenvalue weighted by atomic mass is 32.1. The number of aromatic nitrogens is 1. The van der Waals surface area contributed by atoms with Crippen molar-refractivity contribution in [3.63, 3.8) is 0 Å². The standard InChI is InChI=1S/C14H22N2OS/c1-10-13(9-17)18-14(15-10)16-8-4-6-11-5-2-3-7-12(11)16/h11-12,17H,2-9H2,1H3/t11-,12-/m1/s1. The lowest BCUT2D eigenvalue weighted by atomic mass is 9.78. The molecule has 3 rings (SSSR count). The maximum Gasteiger partial charge on any atom is 0.186 e. The van der Waals surface area contributed by atoms with Crippen molar-refractivity contribution in [1.82, 2.24) is 4.98 Å². The molecule has 1 aliphatic carbocycles. The first-order valence-corrected chi connectivity index (χ1v) is 7.95. The zero-order valence-electron chi connectivity index (χ0n) is 11.1. The van der Waals surface area contributed by atoms with Gasteiger partial charge in [-0.2, -0.15) is 0 Å². The summed E-state index contributed by atoms with van der Waals surface area (Å²) in [4.78, 5) is 8.24. The molecule has 1 aromatic rings. The van der Waals surface area contributed by atoms with Gasteiger partial charge in [0.1, 0.15) is 0 Å². The summed E-state index contributed by atoms with van der Waals surface area (Å²) >= 11 is 1.69. The monoisotopic (exact) mass is 266 g/mol. The lowest BCUT2D eigenvalue weighted by Crippen LogP contribution is -2.46. The molecule has 2 fully saturated rings. The lowest BCUT2D eigenvalue weighted by molar-refractivity contribution is 0.243. The topological polar surface area (TPSA) is 36.4 Å². The molecule has 18 heavy (non-hydrogen) atoms. The summed E-state index contributed by atoms with van der Waals surface area (Å²) in [7, 11) is 0. The van der Waals surface area contributed by atoms with E-state index >= 15 is 0 Å². The zero-order chi connectivity index (χ0) is 12.5. The second-order valence-electron chi connectivity index (χ2n) is 5.61. The fraction of sp³-hybridized carbons (Fsp3) is 0.786. The van der Waals surface area contributed by atoms with E-state index in [1.165, 1.54) is 38.5 Å². The number of anilines is 1. The molecule has 3 nitrogen and oxygen atoms in total. The summed E-state index contributed by atoms with van der Waals surface area (Å²) < 4.78 is 0. The molecule has 2 aliphatic rings. The molecule has 0 unspecified atom stereocenters. The minimum Gasteiger partial charge on any atom is -0.391 e. The van der Waals surface area contributed by atoms with Crippen LogP contribution in [0.3, 0.4) is 0 Å². The summed E-state index contributed by atoms with van der Waals surface area (Å²) in [5.74, 6) is 0.884. The Labute approximate surface area is 113 Å². The number of hydrogen-bond donors (Lipinski definition) is 1. The summed E-state index contributed by atoms with van der Waals surface area (Å²) in [6.45, 7) is 3.29. The zero-order valence-corrected chi connectivity index (χ0v) is 11.9. The molecule has 0 amide bonds. The molecule has 2 heterocycles. The fourth-order valence-electron chi connectivity index (χ4n) is 3.54. The van der Waals surface area contributed by atoms with Crippen molar-refractivity contribution < 1.29 is 5.11 Å². The lowest BCUT2D eigenvalue weighted by Gasteiger charge is -2.44. The van der Waals surface area contributed by atoms with E-state index in [4.69, 9.17) is 0 Å². The van der Waals surface area contributed by atoms with Gasteiger partial charge in [0.2, 0.25) is 0 Å². The Morgan fingerprint density at radius 3 is 2.83 bits per heavy atom. The quantitative estimate of drug-likeness (QED) is 0.893. The highest BCUT2D eigenvalue weighted by Crippen LogP contribution is 2.39. The minimum atomic E-state index is 0.130. The maximum atomic E-state index is 9.31. The molecule has 1 aliphatic heterocycles. The molecule has 1 N–H and O–H groups in total. The van der Waals surface area contributed by atoms with Crippen LogP contribution in [-0.2, 0) is 6.61 Å². The Balaban J connectivity index is 1.84. The molecule has 0 spiro atoms. The van der Waals surface area contributed by atoms with E-state index in [1.54, 1.807) is 11.3 Å². The summed E-state index contributed by atoms with van der Waals surface area (Å²) in [5, 5.41) is 10.5. The van der Waals surface area contributed by atoms with Crippen molar-refractivity contribution in [3.05, 3.63) is 10.6 Å². The number of rotatable bonds is 2. The van der Waals surface area contributed by atoms with Crippen LogP contribution in [0.5, 0.6) is 0 Å². The van der Waals surface area contributed by atoms with Crippen molar-refractivity contribution in [3.8, 4) is 0 Å². The van der Waals surface area contributed by atoms with Gasteiger partial charge in [-0.1, -0.05) is 24.2 Å². The third-order valence-corrected chi connectivity index (χ3v) is 5.69. The Morgan fingerprint density at radius 2 is 2.06 bits per heavy atom. The van der Waals surface area contributed by atoms with Crippen molar-refractivity contribution in [2.45, 2.75) is 58.1 Å². The molecule has 2 atom stereocenters. The van der Waals surface area contributed by atoms with Crippen LogP contribution in [0.25, 0.3) is 0 Å². The number of hydrogen-bond acceptors (Lipinski definition) is 4. The van der Waals surface area contributed by atoms with Gasteiger partial charge >= 0.3 is 0 Å². The molecule has 1 aromatic heterocycles. The van der Waals surface area contributed by atoms with Gasteiger partial charge in [0.05, 0.1) is 17.2 Å². The number of piperidine rings is 1. The van der Waals surface area contributed by atoms with E-state index < -0.39 is 0 Å². The molecular weight excluding hydrogens is 244 g/mol. The highest BCUT2D eigenvalue weighted by Gasteiger charge is 2.34. The molecule has 0 aromatic carbocycles. The molecule has 1 saturated heterocycles. The predicted molar refractivity (Wildman–Crippen MR) is 75.1 cm³/mol. The van der Waals surface area contributed by atoms with Crippen LogP contribution in [0, 0.1) is 12.8 Å². The van der Waals surface area contributed by atoms with Crippen LogP contribution in [0.1, 0.15) is 49.1 Å². The first-order chi connectivity index (χ1) is 8.79. The Morgan fingerprint density at radius 1 is 1.28 bits per heavy atom. The van der Waals surface area contributed by atoms with Crippen molar-refractivity contribution in [2.24, 2.45) is 5.92 Å². The van der Waals surface area contributed by atoms with E-state index in [0.29, 0.717) is 6.04 Å². The van der Waals surface area contributed by atoms with Crippen molar-refractivity contribution in [2.75, 3.05) is 11.4 Å². The fourth-order valence-corrected chi connectivity index (χ4v) is 4.55. The van der Waals surface area contributed by atoms with Crippen LogP contribution in [0.4, 0.5) is 5.13 Å². The third-order valence-electron chi connectivity index (χ3n) is 4.51. The van der Waals surface area contributed by atoms with Gasteiger partial charge in [-0.25, -0.2) is 4.98 Å². The normalized spacial score (nSPS) is 28.2. The molecule has 1 saturated carbocycles. The largest absolute Gasteiger partial charge is 0.391 e. The Hall–Kier alpha value is -0.610. The third kappa shape index (κ3) is 2.16. The average molecular weight is 266 g/mol. The smallest absolute Gasteiger partial charge is 0.186 e. The number of nitrogens with zero attached hydrogens (tertiary/aromatic N) is 2. The first kappa shape index (κ1) is 12.4. The van der Waals surface area contributed by atoms with Gasteiger partial charge in [-0.05, 0) is 38.5 Å². The average Bonchev–Trinajstić information content (AvgIpc) is 2.79. The van der Waals surface area contributed by atoms with Gasteiger partial charge in [-0.3, -0.25) is 0 Å². The van der Waals surface area contributed by atoms with Gasteiger partial charge in [0, 0.05) is 12.6 Å². The van der Waals surface area contributed by atoms with Crippen molar-refractivity contribution >= 4 is 16.5 Å². The second-order valence-corrected chi connectivity index (χ2v) is 6.67. The van der Waals surface area contributed by atoms with E-state index in [9.17, 15) is 5.11 Å². The number of fused-ring (bicyclic) bond motifs is 1. The number of aryl methyl sites for hydroxylation is 1. The minimum absolute atomic E-state index is 0.130. The van der Waals surface area contributed by atoms with Crippen LogP contribution >= 0.6 is 11.3 Å². The molecule has 4 heteroatoms. The van der Waals surface area contributed by atoms with Crippen LogP contribution in [0.2, 0.25) is 0 Å². The summed E-state index contributed by atoms with van der Waals surface area (Å²) in [6, 6.07) is 0.713. The Bertz CT molecular complexity index is 416. The van der Waals surface area contributed by atoms with Crippen LogP contribution < -0.4 is 4.90 Å².